The number of pyridine rings is 2. The van der Waals surface area contributed by atoms with Crippen LogP contribution < -0.4 is 20.1 Å². The fourth-order valence-electron chi connectivity index (χ4n) is 8.79. The lowest BCUT2D eigenvalue weighted by Crippen LogP contribution is -2.50. The highest BCUT2D eigenvalue weighted by Crippen LogP contribution is 2.43. The summed E-state index contributed by atoms with van der Waals surface area (Å²) in [5.41, 5.74) is 5.91. The van der Waals surface area contributed by atoms with Crippen LogP contribution in [0, 0.1) is 11.8 Å². The third-order valence-electron chi connectivity index (χ3n) is 12.0. The summed E-state index contributed by atoms with van der Waals surface area (Å²) in [5.74, 6) is 2.00. The molecule has 9 heterocycles. The third kappa shape index (κ3) is 7.28. The zero-order valence-corrected chi connectivity index (χ0v) is 35.8. The van der Waals surface area contributed by atoms with Crippen LogP contribution in [-0.4, -0.2) is 101 Å². The average molecular weight is 874 g/mol. The van der Waals surface area contributed by atoms with Crippen molar-refractivity contribution in [3.05, 3.63) is 82.6 Å². The normalized spacial score (nSPS) is 18.6. The first-order chi connectivity index (χ1) is 30.3. The van der Waals surface area contributed by atoms with Gasteiger partial charge in [0.25, 0.3) is 0 Å². The van der Waals surface area contributed by atoms with E-state index in [2.05, 4.69) is 47.7 Å². The molecular formula is C43H43N11O6S2. The van der Waals surface area contributed by atoms with Gasteiger partial charge in [0.15, 0.2) is 11.5 Å². The topological polar surface area (TPSA) is 196 Å². The molecule has 2 aliphatic carbocycles. The maximum atomic E-state index is 13.3. The van der Waals surface area contributed by atoms with Crippen molar-refractivity contribution in [3.63, 3.8) is 0 Å². The molecule has 318 valence electrons. The van der Waals surface area contributed by atoms with E-state index in [0.717, 1.165) is 78.4 Å². The van der Waals surface area contributed by atoms with Gasteiger partial charge >= 0.3 is 5.97 Å². The molecular weight excluding hydrogens is 831 g/mol. The quantitative estimate of drug-likeness (QED) is 0.146. The molecule has 8 aromatic rings. The van der Waals surface area contributed by atoms with E-state index in [1.807, 2.05) is 41.6 Å². The smallest absolute Gasteiger partial charge is 0.306 e. The number of aryl methyl sites for hydroxylation is 2. The summed E-state index contributed by atoms with van der Waals surface area (Å²) in [6.07, 6.45) is 14.6. The van der Waals surface area contributed by atoms with Crippen LogP contribution in [0.3, 0.4) is 0 Å². The Balaban J connectivity index is 0.000000151. The predicted octanol–water partition coefficient (Wildman–Crippen LogP) is 6.72. The van der Waals surface area contributed by atoms with Crippen LogP contribution in [0.2, 0.25) is 0 Å². The van der Waals surface area contributed by atoms with Crippen molar-refractivity contribution in [2.75, 3.05) is 44.6 Å². The summed E-state index contributed by atoms with van der Waals surface area (Å²) in [7, 11) is 3.26. The minimum Gasteiger partial charge on any atom is -0.493 e. The second-order valence-corrected chi connectivity index (χ2v) is 17.8. The molecule has 17 nitrogen and oxygen atoms in total. The Morgan fingerprint density at radius 2 is 1.32 bits per heavy atom. The van der Waals surface area contributed by atoms with E-state index in [4.69, 9.17) is 14.2 Å². The highest BCUT2D eigenvalue weighted by Gasteiger charge is 2.34. The number of aromatic nitrogens is 8. The molecule has 0 unspecified atom stereocenters. The van der Waals surface area contributed by atoms with E-state index in [0.29, 0.717) is 56.3 Å². The molecule has 3 aliphatic rings. The lowest BCUT2D eigenvalue weighted by atomic mass is 9.86. The number of anilines is 4. The monoisotopic (exact) mass is 873 g/mol. The van der Waals surface area contributed by atoms with Gasteiger partial charge in [-0.05, 0) is 80.8 Å². The molecule has 1 fully saturated rings. The van der Waals surface area contributed by atoms with Crippen molar-refractivity contribution in [1.29, 1.82) is 0 Å². The summed E-state index contributed by atoms with van der Waals surface area (Å²) < 4.78 is 20.1. The van der Waals surface area contributed by atoms with Crippen LogP contribution >= 0.6 is 22.7 Å². The number of fused-ring (bicyclic) bond motifs is 8. The van der Waals surface area contributed by atoms with E-state index in [9.17, 15) is 14.7 Å². The van der Waals surface area contributed by atoms with Crippen molar-refractivity contribution < 1.29 is 28.9 Å². The first-order valence-corrected chi connectivity index (χ1v) is 22.1. The summed E-state index contributed by atoms with van der Waals surface area (Å²) in [6, 6.07) is 7.95. The molecule has 0 aromatic carbocycles. The number of amides is 1. The van der Waals surface area contributed by atoms with Crippen LogP contribution in [0.4, 0.5) is 23.0 Å². The van der Waals surface area contributed by atoms with Crippen LogP contribution in [0.15, 0.2) is 61.7 Å². The van der Waals surface area contributed by atoms with E-state index in [-0.39, 0.29) is 23.8 Å². The highest BCUT2D eigenvalue weighted by atomic mass is 32.1. The van der Waals surface area contributed by atoms with E-state index in [1.165, 1.54) is 16.8 Å². The number of methoxy groups -OCH3 is 2. The van der Waals surface area contributed by atoms with Crippen LogP contribution in [-0.2, 0) is 40.0 Å². The number of carbonyl (C=O) groups is 2. The van der Waals surface area contributed by atoms with Crippen molar-refractivity contribution >= 4 is 89.0 Å². The number of hydrogen-bond donors (Lipinski definition) is 3. The number of aliphatic carboxylic acids is 1. The van der Waals surface area contributed by atoms with Crippen LogP contribution in [0.5, 0.6) is 11.5 Å². The number of nitrogens with one attached hydrogen (secondary N) is 2. The summed E-state index contributed by atoms with van der Waals surface area (Å²) in [4.78, 5) is 48.8. The minimum atomic E-state index is -0.730. The maximum Gasteiger partial charge on any atom is 0.306 e. The number of ether oxygens (including phenoxy) is 3. The SMILES string of the molecule is COc1cn2nccc2cc1Nc1ncnc2sc3c(c12)CC[C@H](C(=O)N1CCOC[C@H]1C)C3.COc1cn2nccc2cc1Nc1ncnc2sc3c(c12)CC[C@H](C(=O)O)C3. The van der Waals surface area contributed by atoms with Crippen molar-refractivity contribution in [3.8, 4) is 11.5 Å². The van der Waals surface area contributed by atoms with Gasteiger partial charge < -0.3 is 34.9 Å². The van der Waals surface area contributed by atoms with Crippen LogP contribution in [0.25, 0.3) is 31.5 Å². The fourth-order valence-corrected chi connectivity index (χ4v) is 11.3. The molecule has 0 bridgehead atoms. The Hall–Kier alpha value is -6.44. The van der Waals surface area contributed by atoms with E-state index in [1.54, 1.807) is 64.6 Å². The maximum absolute atomic E-state index is 13.3. The average Bonchev–Trinajstić information content (AvgIpc) is 4.10. The molecule has 0 saturated carbocycles. The summed E-state index contributed by atoms with van der Waals surface area (Å²) >= 11 is 3.23. The van der Waals surface area contributed by atoms with Gasteiger partial charge in [-0.25, -0.2) is 29.0 Å². The fraction of sp³-hybridized carbons (Fsp3) is 0.349. The number of thiophene rings is 2. The van der Waals surface area contributed by atoms with Gasteiger partial charge in [-0.15, -0.1) is 22.7 Å². The Labute approximate surface area is 362 Å². The van der Waals surface area contributed by atoms with Gasteiger partial charge in [0, 0.05) is 34.6 Å². The molecule has 8 aromatic heterocycles. The second-order valence-electron chi connectivity index (χ2n) is 15.6. The Bertz CT molecular complexity index is 3000. The molecule has 1 amide bonds. The van der Waals surface area contributed by atoms with Crippen LogP contribution in [0.1, 0.15) is 40.6 Å². The highest BCUT2D eigenvalue weighted by molar-refractivity contribution is 7.19. The lowest BCUT2D eigenvalue weighted by molar-refractivity contribution is -0.144. The summed E-state index contributed by atoms with van der Waals surface area (Å²) in [6.45, 7) is 3.98. The number of carboxylic acids is 1. The van der Waals surface area contributed by atoms with Crippen molar-refractivity contribution in [2.45, 2.75) is 51.5 Å². The molecule has 1 saturated heterocycles. The van der Waals surface area contributed by atoms with Gasteiger partial charge in [-0.3, -0.25) is 9.59 Å². The molecule has 3 atom stereocenters. The number of carbonyl (C=O) groups excluding carboxylic acids is 1. The second kappa shape index (κ2) is 16.4. The van der Waals surface area contributed by atoms with E-state index < -0.39 is 5.97 Å². The number of hydrogen-bond acceptors (Lipinski definition) is 15. The molecule has 0 radical (unpaired) electrons. The Kier molecular flexibility index (Phi) is 10.5. The summed E-state index contributed by atoms with van der Waals surface area (Å²) in [5, 5.41) is 26.8. The van der Waals surface area contributed by atoms with Gasteiger partial charge in [0.05, 0.1) is 85.0 Å². The Morgan fingerprint density at radius 1 is 0.790 bits per heavy atom. The van der Waals surface area contributed by atoms with Crippen molar-refractivity contribution in [1.82, 2.24) is 44.1 Å². The number of rotatable bonds is 8. The molecule has 3 N–H and O–H groups in total. The zero-order valence-electron chi connectivity index (χ0n) is 34.2. The number of morpholine rings is 1. The molecule has 62 heavy (non-hydrogen) atoms. The first kappa shape index (κ1) is 39.7. The van der Waals surface area contributed by atoms with Gasteiger partial charge in [-0.1, -0.05) is 0 Å². The Morgan fingerprint density at radius 3 is 1.84 bits per heavy atom. The van der Waals surface area contributed by atoms with Gasteiger partial charge in [-0.2, -0.15) is 10.2 Å². The van der Waals surface area contributed by atoms with Gasteiger partial charge in [0.1, 0.15) is 34.0 Å². The zero-order chi connectivity index (χ0) is 42.5. The molecule has 1 aliphatic heterocycles. The largest absolute Gasteiger partial charge is 0.493 e. The number of carboxylic acid groups (broad SMARTS) is 1. The molecule has 11 rings (SSSR count). The number of nitrogens with zero attached hydrogens (tertiary/aromatic N) is 9. The lowest BCUT2D eigenvalue weighted by Gasteiger charge is -2.36. The van der Waals surface area contributed by atoms with E-state index >= 15 is 0 Å². The molecule has 0 spiro atoms. The predicted molar refractivity (Wildman–Crippen MR) is 236 cm³/mol. The van der Waals surface area contributed by atoms with Crippen molar-refractivity contribution in [2.24, 2.45) is 11.8 Å². The first-order valence-electron chi connectivity index (χ1n) is 20.4. The van der Waals surface area contributed by atoms with Gasteiger partial charge in [0.2, 0.25) is 5.91 Å². The third-order valence-corrected chi connectivity index (χ3v) is 14.3. The standard InChI is InChI=1S/C24H26N6O3S.C19H17N5O3S/c1-14-12-33-8-7-29(14)24(31)15-3-4-17-20(9-15)34-23-21(17)22(25-13-26-23)28-18-10-16-5-6-27-30(16)11-19(18)32-2;1-27-14-8-24-11(4-5-22-24)7-13(14)23-17-16-12-3-2-10(19(25)26)6-15(12)28-18(16)21-9-20-17/h5-6,10-11,13-15H,3-4,7-9,12H2,1-2H3,(H,25,26,28);4-5,7-10H,2-3,6H2,1H3,(H,25,26)(H,20,21,23)/t14-,15+;10-/m10/s1. The minimum absolute atomic E-state index is 0.00912. The molecule has 19 heteroatoms.